The molecule has 0 saturated heterocycles. The Balaban J connectivity index is 2.12. The first-order chi connectivity index (χ1) is 9.09. The van der Waals surface area contributed by atoms with E-state index in [1.807, 2.05) is 0 Å². The van der Waals surface area contributed by atoms with Gasteiger partial charge in [0.05, 0.1) is 18.8 Å². The Morgan fingerprint density at radius 2 is 1.84 bits per heavy atom. The van der Waals surface area contributed by atoms with Crippen molar-refractivity contribution in [3.05, 3.63) is 42.2 Å². The topological polar surface area (TPSA) is 65.0 Å². The Kier molecular flexibility index (Phi) is 6.46. The summed E-state index contributed by atoms with van der Waals surface area (Å²) in [5.74, 6) is 0.236. The lowest BCUT2D eigenvalue weighted by Crippen LogP contribution is -2.01. The second-order valence-corrected chi connectivity index (χ2v) is 3.99. The maximum Gasteiger partial charge on any atom is 0.335 e. The Morgan fingerprint density at radius 3 is 2.42 bits per heavy atom. The van der Waals surface area contributed by atoms with Gasteiger partial charge in [0, 0.05) is 0 Å². The van der Waals surface area contributed by atoms with Gasteiger partial charge in [-0.25, -0.2) is 4.79 Å². The van der Waals surface area contributed by atoms with Crippen LogP contribution in [0.15, 0.2) is 36.6 Å². The number of benzene rings is 1. The second-order valence-electron chi connectivity index (χ2n) is 3.99. The maximum atomic E-state index is 10.6. The molecule has 1 aromatic carbocycles. The van der Waals surface area contributed by atoms with Gasteiger partial charge in [-0.3, -0.25) is 0 Å². The van der Waals surface area contributed by atoms with Gasteiger partial charge in [-0.05, 0) is 44.0 Å². The number of rotatable bonds is 9. The lowest BCUT2D eigenvalue weighted by Gasteiger charge is -2.06. The van der Waals surface area contributed by atoms with Crippen LogP contribution in [-0.2, 0) is 9.78 Å². The van der Waals surface area contributed by atoms with Gasteiger partial charge in [-0.15, -0.1) is 0 Å². The summed E-state index contributed by atoms with van der Waals surface area (Å²) in [5, 5.41) is 8.74. The van der Waals surface area contributed by atoms with E-state index in [-0.39, 0.29) is 5.56 Å². The first-order valence-electron chi connectivity index (χ1n) is 6.00. The van der Waals surface area contributed by atoms with Crippen molar-refractivity contribution in [2.75, 3.05) is 13.2 Å². The van der Waals surface area contributed by atoms with Crippen LogP contribution in [0.25, 0.3) is 0 Å². The summed E-state index contributed by atoms with van der Waals surface area (Å²) in [6.45, 7) is 6.27. The Labute approximate surface area is 112 Å². The third-order valence-corrected chi connectivity index (χ3v) is 2.19. The molecule has 0 amide bonds. The number of carboxylic acid groups (broad SMARTS) is 1. The summed E-state index contributed by atoms with van der Waals surface area (Å²) in [6.07, 6.45) is 1.63. The standard InChI is InChI=1S/C14H18O5/c1-11(2)19-18-10-4-3-9-17-13-7-5-12(6-8-13)14(15)16/h5-8H,1,3-4,9-10H2,2H3,(H,15,16). The highest BCUT2D eigenvalue weighted by molar-refractivity contribution is 5.87. The van der Waals surface area contributed by atoms with Crippen molar-refractivity contribution in [2.24, 2.45) is 0 Å². The van der Waals surface area contributed by atoms with Crippen molar-refractivity contribution in [1.29, 1.82) is 0 Å². The number of ether oxygens (including phenoxy) is 1. The smallest absolute Gasteiger partial charge is 0.335 e. The van der Waals surface area contributed by atoms with E-state index >= 15 is 0 Å². The molecule has 0 fully saturated rings. The fourth-order valence-corrected chi connectivity index (χ4v) is 1.29. The molecule has 0 unspecified atom stereocenters. The van der Waals surface area contributed by atoms with Crippen molar-refractivity contribution < 1.29 is 24.4 Å². The molecule has 0 bridgehead atoms. The molecule has 104 valence electrons. The van der Waals surface area contributed by atoms with Crippen LogP contribution in [0.2, 0.25) is 0 Å². The van der Waals surface area contributed by atoms with Gasteiger partial charge in [-0.2, -0.15) is 4.89 Å². The van der Waals surface area contributed by atoms with E-state index in [9.17, 15) is 4.79 Å². The molecule has 19 heavy (non-hydrogen) atoms. The molecule has 1 aromatic rings. The molecule has 0 atom stereocenters. The molecule has 0 radical (unpaired) electrons. The Morgan fingerprint density at radius 1 is 1.21 bits per heavy atom. The molecule has 5 nitrogen and oxygen atoms in total. The summed E-state index contributed by atoms with van der Waals surface area (Å²) in [6, 6.07) is 6.32. The van der Waals surface area contributed by atoms with Crippen LogP contribution < -0.4 is 4.74 Å². The minimum absolute atomic E-state index is 0.248. The number of carboxylic acids is 1. The van der Waals surface area contributed by atoms with Crippen LogP contribution in [-0.4, -0.2) is 24.3 Å². The molecular formula is C14H18O5. The summed E-state index contributed by atoms with van der Waals surface area (Å²) >= 11 is 0. The average Bonchev–Trinajstić information content (AvgIpc) is 2.38. The number of hydrogen-bond donors (Lipinski definition) is 1. The van der Waals surface area contributed by atoms with Crippen LogP contribution >= 0.6 is 0 Å². The van der Waals surface area contributed by atoms with E-state index in [0.717, 1.165) is 12.8 Å². The van der Waals surface area contributed by atoms with Crippen molar-refractivity contribution in [3.8, 4) is 5.75 Å². The summed E-state index contributed by atoms with van der Waals surface area (Å²) < 4.78 is 5.46. The highest BCUT2D eigenvalue weighted by atomic mass is 17.2. The lowest BCUT2D eigenvalue weighted by atomic mass is 10.2. The normalized spacial score (nSPS) is 9.95. The van der Waals surface area contributed by atoms with Crippen LogP contribution in [0.1, 0.15) is 30.1 Å². The van der Waals surface area contributed by atoms with Crippen molar-refractivity contribution in [3.63, 3.8) is 0 Å². The first-order valence-corrected chi connectivity index (χ1v) is 6.00. The van der Waals surface area contributed by atoms with Crippen LogP contribution in [0.4, 0.5) is 0 Å². The van der Waals surface area contributed by atoms with Gasteiger partial charge in [0.1, 0.15) is 11.5 Å². The van der Waals surface area contributed by atoms with Gasteiger partial charge >= 0.3 is 5.97 Å². The molecule has 0 aliphatic heterocycles. The van der Waals surface area contributed by atoms with Crippen LogP contribution in [0.5, 0.6) is 5.75 Å². The van der Waals surface area contributed by atoms with E-state index < -0.39 is 5.97 Å². The van der Waals surface area contributed by atoms with E-state index in [1.165, 1.54) is 12.1 Å². The SMILES string of the molecule is C=C(C)OOCCCCOc1ccc(C(=O)O)cc1. The summed E-state index contributed by atoms with van der Waals surface area (Å²) in [7, 11) is 0. The van der Waals surface area contributed by atoms with Crippen LogP contribution in [0.3, 0.4) is 0 Å². The predicted molar refractivity (Wildman–Crippen MR) is 70.0 cm³/mol. The molecular weight excluding hydrogens is 248 g/mol. The molecule has 0 saturated carbocycles. The van der Waals surface area contributed by atoms with Gasteiger partial charge < -0.3 is 14.7 Å². The number of hydrogen-bond acceptors (Lipinski definition) is 4. The Bertz CT molecular complexity index is 410. The first kappa shape index (κ1) is 15.0. The maximum absolute atomic E-state index is 10.6. The average molecular weight is 266 g/mol. The van der Waals surface area contributed by atoms with E-state index in [4.69, 9.17) is 19.6 Å². The zero-order chi connectivity index (χ0) is 14.1. The highest BCUT2D eigenvalue weighted by Crippen LogP contribution is 2.12. The van der Waals surface area contributed by atoms with Gasteiger partial charge in [0.15, 0.2) is 0 Å². The molecule has 1 N–H and O–H groups in total. The monoisotopic (exact) mass is 266 g/mol. The number of carbonyl (C=O) groups is 1. The number of allylic oxidation sites excluding steroid dienone is 1. The minimum atomic E-state index is -0.943. The molecule has 0 spiro atoms. The zero-order valence-corrected chi connectivity index (χ0v) is 10.9. The quantitative estimate of drug-likeness (QED) is 0.322. The fourth-order valence-electron chi connectivity index (χ4n) is 1.29. The van der Waals surface area contributed by atoms with E-state index in [2.05, 4.69) is 6.58 Å². The summed E-state index contributed by atoms with van der Waals surface area (Å²) in [4.78, 5) is 20.3. The lowest BCUT2D eigenvalue weighted by molar-refractivity contribution is -0.261. The number of aromatic carboxylic acids is 1. The number of unbranched alkanes of at least 4 members (excludes halogenated alkanes) is 1. The molecule has 0 aliphatic carbocycles. The van der Waals surface area contributed by atoms with Gasteiger partial charge in [-0.1, -0.05) is 6.58 Å². The molecule has 0 aliphatic rings. The van der Waals surface area contributed by atoms with Gasteiger partial charge in [0.25, 0.3) is 0 Å². The van der Waals surface area contributed by atoms with E-state index in [0.29, 0.717) is 24.7 Å². The van der Waals surface area contributed by atoms with Crippen molar-refractivity contribution in [2.45, 2.75) is 19.8 Å². The third kappa shape index (κ3) is 6.47. The zero-order valence-electron chi connectivity index (χ0n) is 10.9. The molecule has 0 heterocycles. The Hall–Kier alpha value is -2.01. The molecule has 0 aromatic heterocycles. The summed E-state index contributed by atoms with van der Waals surface area (Å²) in [5.41, 5.74) is 0.248. The van der Waals surface area contributed by atoms with Gasteiger partial charge in [0.2, 0.25) is 0 Å². The van der Waals surface area contributed by atoms with Crippen molar-refractivity contribution in [1.82, 2.24) is 0 Å². The highest BCUT2D eigenvalue weighted by Gasteiger charge is 2.01. The van der Waals surface area contributed by atoms with Crippen molar-refractivity contribution >= 4 is 5.97 Å². The predicted octanol–water partition coefficient (Wildman–Crippen LogP) is 3.03. The largest absolute Gasteiger partial charge is 0.494 e. The second kappa shape index (κ2) is 8.16. The third-order valence-electron chi connectivity index (χ3n) is 2.19. The molecule has 1 rings (SSSR count). The molecule has 5 heteroatoms. The van der Waals surface area contributed by atoms with Crippen LogP contribution in [0, 0.1) is 0 Å². The fraction of sp³-hybridized carbons (Fsp3) is 0.357. The van der Waals surface area contributed by atoms with E-state index in [1.54, 1.807) is 19.1 Å². The minimum Gasteiger partial charge on any atom is -0.494 e.